The van der Waals surface area contributed by atoms with Crippen molar-refractivity contribution < 1.29 is 13.2 Å². The van der Waals surface area contributed by atoms with Gasteiger partial charge in [-0.2, -0.15) is 0 Å². The minimum atomic E-state index is -3.51. The summed E-state index contributed by atoms with van der Waals surface area (Å²) in [5, 5.41) is -0.807. The van der Waals surface area contributed by atoms with Gasteiger partial charge in [0.1, 0.15) is 5.25 Å². The largest absolute Gasteiger partial charge is 0.298 e. The number of carbonyl (C=O) groups excluding carboxylic acids is 1. The van der Waals surface area contributed by atoms with E-state index in [1.165, 1.54) is 0 Å². The molecule has 0 saturated heterocycles. The fraction of sp³-hybridized carbons (Fsp3) is 0.500. The van der Waals surface area contributed by atoms with Crippen LogP contribution >= 0.6 is 0 Å². The van der Waals surface area contributed by atoms with Crippen LogP contribution < -0.4 is 0 Å². The molecule has 0 heterocycles. The fourth-order valence-electron chi connectivity index (χ4n) is 3.41. The Balaban J connectivity index is 2.03. The quantitative estimate of drug-likeness (QED) is 0.823. The summed E-state index contributed by atoms with van der Waals surface area (Å²) < 4.78 is 25.1. The second-order valence-corrected chi connectivity index (χ2v) is 7.79. The molecular formula is C14H16O3S. The van der Waals surface area contributed by atoms with Crippen molar-refractivity contribution in [3.63, 3.8) is 0 Å². The first kappa shape index (κ1) is 11.9. The Morgan fingerprint density at radius 1 is 1.22 bits per heavy atom. The number of sulfone groups is 1. The maximum Gasteiger partial charge on any atom is 0.188 e. The molecule has 3 rings (SSSR count). The molecule has 0 N–H and O–H groups in total. The summed E-state index contributed by atoms with van der Waals surface area (Å²) in [6.07, 6.45) is 2.26. The summed E-state index contributed by atoms with van der Waals surface area (Å²) in [7, 11) is -3.51. The lowest BCUT2D eigenvalue weighted by Gasteiger charge is -2.43. The van der Waals surface area contributed by atoms with E-state index in [1.807, 2.05) is 6.92 Å². The molecule has 1 aromatic rings. The molecule has 2 aliphatic rings. The maximum absolute atomic E-state index is 12.6. The van der Waals surface area contributed by atoms with E-state index in [0.717, 1.165) is 12.8 Å². The molecule has 0 aliphatic heterocycles. The van der Waals surface area contributed by atoms with E-state index >= 15 is 0 Å². The third-order valence-electron chi connectivity index (χ3n) is 4.59. The highest BCUT2D eigenvalue weighted by Crippen LogP contribution is 2.58. The average molecular weight is 264 g/mol. The maximum atomic E-state index is 12.6. The van der Waals surface area contributed by atoms with Crippen LogP contribution in [0, 0.1) is 11.3 Å². The van der Waals surface area contributed by atoms with Crippen molar-refractivity contribution >= 4 is 15.6 Å². The molecule has 0 bridgehead atoms. The summed E-state index contributed by atoms with van der Waals surface area (Å²) in [6, 6.07) is 8.34. The number of Topliss-reactive ketones (excluding diaryl/α,β-unsaturated/α-hetero) is 1. The highest BCUT2D eigenvalue weighted by atomic mass is 32.2. The van der Waals surface area contributed by atoms with E-state index in [1.54, 1.807) is 30.3 Å². The number of hydrogen-bond donors (Lipinski definition) is 0. The number of ketones is 1. The molecule has 3 atom stereocenters. The molecule has 3 nitrogen and oxygen atoms in total. The highest BCUT2D eigenvalue weighted by Gasteiger charge is 2.60. The van der Waals surface area contributed by atoms with Gasteiger partial charge in [-0.25, -0.2) is 8.42 Å². The molecule has 96 valence electrons. The van der Waals surface area contributed by atoms with Crippen LogP contribution in [0.15, 0.2) is 35.2 Å². The van der Waals surface area contributed by atoms with Crippen molar-refractivity contribution in [2.75, 3.05) is 0 Å². The van der Waals surface area contributed by atoms with E-state index in [9.17, 15) is 13.2 Å². The van der Waals surface area contributed by atoms with Crippen LogP contribution in [0.1, 0.15) is 26.2 Å². The lowest BCUT2D eigenvalue weighted by atomic mass is 9.63. The predicted octanol–water partition coefficient (Wildman–Crippen LogP) is 2.22. The first-order valence-electron chi connectivity index (χ1n) is 6.27. The Kier molecular flexibility index (Phi) is 2.43. The van der Waals surface area contributed by atoms with Gasteiger partial charge in [-0.05, 0) is 36.3 Å². The Morgan fingerprint density at radius 2 is 1.89 bits per heavy atom. The van der Waals surface area contributed by atoms with Gasteiger partial charge in [0.2, 0.25) is 0 Å². The van der Waals surface area contributed by atoms with E-state index in [0.29, 0.717) is 6.42 Å². The van der Waals surface area contributed by atoms with Gasteiger partial charge >= 0.3 is 0 Å². The second-order valence-electron chi connectivity index (χ2n) is 5.72. The Hall–Kier alpha value is -1.16. The van der Waals surface area contributed by atoms with Gasteiger partial charge in [-0.15, -0.1) is 0 Å². The normalized spacial score (nSPS) is 35.1. The molecule has 2 saturated carbocycles. The zero-order chi connectivity index (χ0) is 13.0. The molecule has 2 fully saturated rings. The van der Waals surface area contributed by atoms with Crippen LogP contribution in [-0.2, 0) is 14.6 Å². The summed E-state index contributed by atoms with van der Waals surface area (Å²) in [6.45, 7) is 2.04. The van der Waals surface area contributed by atoms with Crippen molar-refractivity contribution in [2.45, 2.75) is 36.3 Å². The molecule has 0 aromatic heterocycles. The van der Waals surface area contributed by atoms with Crippen LogP contribution in [-0.4, -0.2) is 19.5 Å². The van der Waals surface area contributed by atoms with Gasteiger partial charge in [0, 0.05) is 6.42 Å². The topological polar surface area (TPSA) is 51.2 Å². The molecule has 1 aromatic carbocycles. The molecule has 0 radical (unpaired) electrons. The minimum Gasteiger partial charge on any atom is -0.298 e. The first-order chi connectivity index (χ1) is 8.45. The van der Waals surface area contributed by atoms with Crippen molar-refractivity contribution in [1.29, 1.82) is 0 Å². The number of carbonyl (C=O) groups is 1. The monoisotopic (exact) mass is 264 g/mol. The Morgan fingerprint density at radius 3 is 2.39 bits per heavy atom. The molecule has 4 heteroatoms. The lowest BCUT2D eigenvalue weighted by Crippen LogP contribution is -2.41. The number of rotatable bonds is 2. The van der Waals surface area contributed by atoms with Crippen LogP contribution in [0.5, 0.6) is 0 Å². The van der Waals surface area contributed by atoms with Crippen molar-refractivity contribution in [1.82, 2.24) is 0 Å². The zero-order valence-electron chi connectivity index (χ0n) is 10.3. The van der Waals surface area contributed by atoms with E-state index in [-0.39, 0.29) is 22.0 Å². The van der Waals surface area contributed by atoms with Crippen LogP contribution in [0.3, 0.4) is 0 Å². The van der Waals surface area contributed by atoms with Crippen molar-refractivity contribution in [3.8, 4) is 0 Å². The van der Waals surface area contributed by atoms with Crippen LogP contribution in [0.2, 0.25) is 0 Å². The predicted molar refractivity (Wildman–Crippen MR) is 67.9 cm³/mol. The lowest BCUT2D eigenvalue weighted by molar-refractivity contribution is -0.117. The summed E-state index contributed by atoms with van der Waals surface area (Å²) in [4.78, 5) is 12.4. The highest BCUT2D eigenvalue weighted by molar-refractivity contribution is 7.92. The molecule has 18 heavy (non-hydrogen) atoms. The first-order valence-corrected chi connectivity index (χ1v) is 7.81. The Labute approximate surface area is 107 Å². The minimum absolute atomic E-state index is 0.0233. The third-order valence-corrected chi connectivity index (χ3v) is 6.78. The van der Waals surface area contributed by atoms with E-state index < -0.39 is 15.1 Å². The van der Waals surface area contributed by atoms with Gasteiger partial charge in [0.05, 0.1) is 4.90 Å². The SMILES string of the molecule is C[C@]12CC[C@H]1[C@H](S(=O)(=O)c1ccccc1)C(=O)C2. The van der Waals surface area contributed by atoms with Gasteiger partial charge in [-0.1, -0.05) is 25.1 Å². The van der Waals surface area contributed by atoms with Gasteiger partial charge < -0.3 is 0 Å². The number of hydrogen-bond acceptors (Lipinski definition) is 3. The molecule has 0 spiro atoms. The molecule has 2 aliphatic carbocycles. The molecule has 0 unspecified atom stereocenters. The smallest absolute Gasteiger partial charge is 0.188 e. The van der Waals surface area contributed by atoms with Crippen LogP contribution in [0.25, 0.3) is 0 Å². The fourth-order valence-corrected chi connectivity index (χ4v) is 5.57. The molecule has 0 amide bonds. The number of benzene rings is 1. The van der Waals surface area contributed by atoms with Gasteiger partial charge in [0.15, 0.2) is 15.6 Å². The van der Waals surface area contributed by atoms with E-state index in [4.69, 9.17) is 0 Å². The third kappa shape index (κ3) is 1.48. The Bertz CT molecular complexity index is 591. The van der Waals surface area contributed by atoms with Crippen molar-refractivity contribution in [3.05, 3.63) is 30.3 Å². The number of fused-ring (bicyclic) bond motifs is 1. The average Bonchev–Trinajstić information content (AvgIpc) is 2.51. The molecular weight excluding hydrogens is 248 g/mol. The zero-order valence-corrected chi connectivity index (χ0v) is 11.1. The standard InChI is InChI=1S/C14H16O3S/c1-14-8-7-11(14)13(12(15)9-14)18(16,17)10-5-3-2-4-6-10/h2-6,11,13H,7-9H2,1H3/t11-,13-,14+/m0/s1. The second kappa shape index (κ2) is 3.67. The van der Waals surface area contributed by atoms with Crippen molar-refractivity contribution in [2.24, 2.45) is 11.3 Å². The van der Waals surface area contributed by atoms with Gasteiger partial charge in [0.25, 0.3) is 0 Å². The van der Waals surface area contributed by atoms with Gasteiger partial charge in [-0.3, -0.25) is 4.79 Å². The summed E-state index contributed by atoms with van der Waals surface area (Å²) in [5.74, 6) is -0.0703. The summed E-state index contributed by atoms with van der Waals surface area (Å²) >= 11 is 0. The summed E-state index contributed by atoms with van der Waals surface area (Å²) in [5.41, 5.74) is -0.0659. The van der Waals surface area contributed by atoms with Crippen LogP contribution in [0.4, 0.5) is 0 Å². The van der Waals surface area contributed by atoms with E-state index in [2.05, 4.69) is 0 Å².